The quantitative estimate of drug-likeness (QED) is 0.580. The molecule has 1 amide bonds. The van der Waals surface area contributed by atoms with E-state index in [1.807, 2.05) is 18.2 Å². The second-order valence-corrected chi connectivity index (χ2v) is 9.06. The van der Waals surface area contributed by atoms with Crippen LogP contribution >= 0.6 is 0 Å². The molecule has 2 aromatic heterocycles. The first-order chi connectivity index (χ1) is 16.4. The number of benzene rings is 1. The monoisotopic (exact) mass is 458 g/mol. The van der Waals surface area contributed by atoms with Crippen LogP contribution in [0.3, 0.4) is 0 Å². The molecule has 0 aliphatic carbocycles. The van der Waals surface area contributed by atoms with E-state index < -0.39 is 0 Å². The Bertz CT molecular complexity index is 1320. The molecule has 2 aliphatic rings. The molecule has 9 nitrogen and oxygen atoms in total. The van der Waals surface area contributed by atoms with Crippen LogP contribution in [0.1, 0.15) is 13.3 Å². The number of nitrogens with zero attached hydrogens (tertiary/aromatic N) is 5. The zero-order chi connectivity index (χ0) is 23.9. The Balaban J connectivity index is 1.37. The van der Waals surface area contributed by atoms with Crippen molar-refractivity contribution < 1.29 is 14.3 Å². The lowest BCUT2D eigenvalue weighted by Crippen LogP contribution is -2.59. The summed E-state index contributed by atoms with van der Waals surface area (Å²) in [5, 5.41) is 0.961. The number of hydrogen-bond acceptors (Lipinski definition) is 8. The van der Waals surface area contributed by atoms with E-state index in [1.165, 1.54) is 19.1 Å². The Morgan fingerprint density at radius 2 is 1.91 bits per heavy atom. The first-order valence-electron chi connectivity index (χ1n) is 11.1. The number of allylic oxidation sites excluding steroid dienone is 1. The van der Waals surface area contributed by atoms with Crippen molar-refractivity contribution in [3.05, 3.63) is 48.9 Å². The number of aromatic nitrogens is 3. The van der Waals surface area contributed by atoms with Gasteiger partial charge in [0, 0.05) is 54.8 Å². The number of pyridine rings is 1. The molecule has 34 heavy (non-hydrogen) atoms. The number of likely N-dealkylation sites (tertiary alicyclic amines) is 1. The highest BCUT2D eigenvalue weighted by Gasteiger charge is 2.49. The lowest BCUT2D eigenvalue weighted by atomic mass is 9.79. The van der Waals surface area contributed by atoms with E-state index >= 15 is 0 Å². The topological polar surface area (TPSA) is 115 Å². The van der Waals surface area contributed by atoms with Gasteiger partial charge in [-0.05, 0) is 43.2 Å². The summed E-state index contributed by atoms with van der Waals surface area (Å²) < 4.78 is 5.17. The normalized spacial score (nSPS) is 16.9. The van der Waals surface area contributed by atoms with Gasteiger partial charge in [-0.3, -0.25) is 9.59 Å². The molecule has 0 unspecified atom stereocenters. The predicted octanol–water partition coefficient (Wildman–Crippen LogP) is 2.47. The van der Waals surface area contributed by atoms with Gasteiger partial charge < -0.3 is 20.3 Å². The van der Waals surface area contributed by atoms with Gasteiger partial charge in [-0.1, -0.05) is 6.07 Å². The van der Waals surface area contributed by atoms with E-state index in [0.717, 1.165) is 47.4 Å². The number of carbonyl (C=O) groups excluding carboxylic acids is 2. The van der Waals surface area contributed by atoms with E-state index in [1.54, 1.807) is 24.5 Å². The fraction of sp³-hybridized carbons (Fsp3) is 0.320. The maximum atomic E-state index is 12.3. The molecule has 5 rings (SSSR count). The van der Waals surface area contributed by atoms with Crippen LogP contribution in [-0.4, -0.2) is 64.8 Å². The molecule has 2 aliphatic heterocycles. The molecule has 2 N–H and O–H groups in total. The summed E-state index contributed by atoms with van der Waals surface area (Å²) in [4.78, 5) is 40.8. The van der Waals surface area contributed by atoms with Crippen LogP contribution in [0.2, 0.25) is 0 Å². The van der Waals surface area contributed by atoms with Gasteiger partial charge in [0.2, 0.25) is 11.8 Å². The third kappa shape index (κ3) is 3.93. The second-order valence-electron chi connectivity index (χ2n) is 9.06. The van der Waals surface area contributed by atoms with Gasteiger partial charge in [-0.25, -0.2) is 15.0 Å². The van der Waals surface area contributed by atoms with Gasteiger partial charge >= 0.3 is 0 Å². The van der Waals surface area contributed by atoms with Gasteiger partial charge in [0.25, 0.3) is 0 Å². The van der Waals surface area contributed by atoms with Gasteiger partial charge in [0.15, 0.2) is 5.78 Å². The number of ketones is 1. The maximum Gasteiger partial charge on any atom is 0.246 e. The zero-order valence-electron chi connectivity index (χ0n) is 19.2. The molecule has 0 radical (unpaired) electrons. The Morgan fingerprint density at radius 3 is 2.65 bits per heavy atom. The van der Waals surface area contributed by atoms with Gasteiger partial charge in [0.1, 0.15) is 12.1 Å². The van der Waals surface area contributed by atoms with Crippen molar-refractivity contribution in [2.24, 2.45) is 5.41 Å². The summed E-state index contributed by atoms with van der Waals surface area (Å²) in [6.07, 6.45) is 7.01. The van der Waals surface area contributed by atoms with Gasteiger partial charge in [0.05, 0.1) is 18.3 Å². The van der Waals surface area contributed by atoms with E-state index in [2.05, 4.69) is 25.9 Å². The highest BCUT2D eigenvalue weighted by molar-refractivity contribution is 5.97. The van der Waals surface area contributed by atoms with Crippen molar-refractivity contribution in [1.82, 2.24) is 19.9 Å². The summed E-state index contributed by atoms with van der Waals surface area (Å²) in [5.41, 5.74) is 9.32. The average molecular weight is 459 g/mol. The molecule has 2 fully saturated rings. The molecule has 2 saturated heterocycles. The van der Waals surface area contributed by atoms with Gasteiger partial charge in [-0.15, -0.1) is 0 Å². The third-order valence-electron chi connectivity index (χ3n) is 6.58. The van der Waals surface area contributed by atoms with Crippen molar-refractivity contribution in [3.63, 3.8) is 0 Å². The van der Waals surface area contributed by atoms with E-state index in [-0.39, 0.29) is 17.1 Å². The number of amides is 1. The maximum absolute atomic E-state index is 12.3. The van der Waals surface area contributed by atoms with Crippen molar-refractivity contribution in [2.45, 2.75) is 13.3 Å². The standard InChI is InChI=1S/C25H26N6O3/c1-16(32)3-6-22(33)31-13-25(14-31)7-8-30(12-25)23-19-9-17(4-5-21(19)28-15-29-23)18-10-20(26)24(34-2)27-11-18/h3-6,9-11,15H,7-8,12-14,26H2,1-2H3/b6-3+. The molecule has 4 heterocycles. The Labute approximate surface area is 197 Å². The molecular formula is C25H26N6O3. The van der Waals surface area contributed by atoms with E-state index in [4.69, 9.17) is 10.5 Å². The number of fused-ring (bicyclic) bond motifs is 1. The largest absolute Gasteiger partial charge is 0.480 e. The highest BCUT2D eigenvalue weighted by atomic mass is 16.5. The molecule has 3 aromatic rings. The number of methoxy groups -OCH3 is 1. The lowest BCUT2D eigenvalue weighted by molar-refractivity contribution is -0.136. The highest BCUT2D eigenvalue weighted by Crippen LogP contribution is 2.42. The molecule has 0 atom stereocenters. The number of nitrogen functional groups attached to an aromatic ring is 1. The van der Waals surface area contributed by atoms with Gasteiger partial charge in [-0.2, -0.15) is 0 Å². The summed E-state index contributed by atoms with van der Waals surface area (Å²) in [5.74, 6) is 1.06. The van der Waals surface area contributed by atoms with Crippen molar-refractivity contribution in [2.75, 3.05) is 43.9 Å². The summed E-state index contributed by atoms with van der Waals surface area (Å²) in [6, 6.07) is 7.90. The Hall–Kier alpha value is -4.01. The van der Waals surface area contributed by atoms with Crippen LogP contribution in [0.25, 0.3) is 22.0 Å². The van der Waals surface area contributed by atoms with Crippen LogP contribution in [0.5, 0.6) is 5.88 Å². The zero-order valence-corrected chi connectivity index (χ0v) is 19.2. The first kappa shape index (κ1) is 21.8. The third-order valence-corrected chi connectivity index (χ3v) is 6.58. The minimum atomic E-state index is -0.126. The number of anilines is 2. The number of carbonyl (C=O) groups is 2. The SMILES string of the molecule is COc1ncc(-c2ccc3ncnc(N4CCC5(CN(C(=O)/C=C/C(C)=O)C5)C4)c3c2)cc1N. The molecule has 174 valence electrons. The number of rotatable bonds is 5. The minimum absolute atomic E-state index is 0.0585. The fourth-order valence-corrected chi connectivity index (χ4v) is 4.86. The number of hydrogen-bond donors (Lipinski definition) is 1. The molecule has 0 saturated carbocycles. The average Bonchev–Trinajstić information content (AvgIpc) is 3.26. The van der Waals surface area contributed by atoms with Crippen LogP contribution in [0.4, 0.5) is 11.5 Å². The summed E-state index contributed by atoms with van der Waals surface area (Å²) >= 11 is 0. The molecular weight excluding hydrogens is 432 g/mol. The predicted molar refractivity (Wildman–Crippen MR) is 129 cm³/mol. The minimum Gasteiger partial charge on any atom is -0.480 e. The number of nitrogens with two attached hydrogens (primary N) is 1. The molecule has 0 bridgehead atoms. The molecule has 1 aromatic carbocycles. The second kappa shape index (κ2) is 8.40. The van der Waals surface area contributed by atoms with Crippen molar-refractivity contribution in [3.8, 4) is 17.0 Å². The molecule has 9 heteroatoms. The summed E-state index contributed by atoms with van der Waals surface area (Å²) in [7, 11) is 1.54. The van der Waals surface area contributed by atoms with Crippen LogP contribution in [0, 0.1) is 5.41 Å². The van der Waals surface area contributed by atoms with Crippen molar-refractivity contribution >= 4 is 34.1 Å². The van der Waals surface area contributed by atoms with Crippen LogP contribution in [0.15, 0.2) is 48.9 Å². The first-order valence-corrected chi connectivity index (χ1v) is 11.1. The van der Waals surface area contributed by atoms with Crippen LogP contribution < -0.4 is 15.4 Å². The van der Waals surface area contributed by atoms with E-state index in [9.17, 15) is 9.59 Å². The fourth-order valence-electron chi connectivity index (χ4n) is 4.86. The van der Waals surface area contributed by atoms with Crippen molar-refractivity contribution in [1.29, 1.82) is 0 Å². The Kier molecular flexibility index (Phi) is 5.39. The summed E-state index contributed by atoms with van der Waals surface area (Å²) in [6.45, 7) is 4.50. The van der Waals surface area contributed by atoms with E-state index in [0.29, 0.717) is 24.7 Å². The smallest absolute Gasteiger partial charge is 0.246 e. The Morgan fingerprint density at radius 1 is 1.09 bits per heavy atom. The molecule has 1 spiro atoms. The van der Waals surface area contributed by atoms with Crippen LogP contribution in [-0.2, 0) is 9.59 Å². The lowest BCUT2D eigenvalue weighted by Gasteiger charge is -2.47. The number of ether oxygens (including phenoxy) is 1.